The summed E-state index contributed by atoms with van der Waals surface area (Å²) < 4.78 is 16.4. The molecule has 0 aliphatic carbocycles. The number of aliphatic hydroxyl groups is 1. The van der Waals surface area contributed by atoms with Crippen LogP contribution >= 0.6 is 0 Å². The lowest BCUT2D eigenvalue weighted by Gasteiger charge is -2.15. The Morgan fingerprint density at radius 3 is 2.80 bits per heavy atom. The molecule has 2 rings (SSSR count). The van der Waals surface area contributed by atoms with Crippen molar-refractivity contribution in [3.8, 4) is 0 Å². The van der Waals surface area contributed by atoms with Gasteiger partial charge < -0.3 is 19.3 Å². The topological polar surface area (TPSA) is 63.2 Å². The van der Waals surface area contributed by atoms with Gasteiger partial charge in [0.05, 0.1) is 32.7 Å². The van der Waals surface area contributed by atoms with Crippen molar-refractivity contribution in [2.75, 3.05) is 19.9 Å². The molecule has 2 N–H and O–H groups in total. The number of hydrogen-bond acceptors (Lipinski definition) is 5. The highest BCUT2D eigenvalue weighted by atomic mass is 16.6. The second-order valence-corrected chi connectivity index (χ2v) is 4.82. The smallest absolute Gasteiger partial charge is 0.136 e. The van der Waals surface area contributed by atoms with Gasteiger partial charge in [-0.3, -0.25) is 5.32 Å². The molecular weight excluding hydrogens is 258 g/mol. The van der Waals surface area contributed by atoms with Gasteiger partial charge in [0, 0.05) is 0 Å². The molecule has 1 aromatic rings. The fraction of sp³-hybridized carbons (Fsp3) is 0.600. The first-order valence-corrected chi connectivity index (χ1v) is 7.06. The normalized spacial score (nSPS) is 22.7. The average Bonchev–Trinajstić information content (AvgIpc) is 3.26. The summed E-state index contributed by atoms with van der Waals surface area (Å²) in [6.07, 6.45) is 1.15. The quantitative estimate of drug-likeness (QED) is 0.384. The van der Waals surface area contributed by atoms with Gasteiger partial charge in [-0.1, -0.05) is 37.3 Å². The van der Waals surface area contributed by atoms with Crippen LogP contribution in [-0.2, 0) is 20.8 Å². The van der Waals surface area contributed by atoms with E-state index < -0.39 is 0 Å². The van der Waals surface area contributed by atoms with Gasteiger partial charge in [-0.15, -0.1) is 0 Å². The van der Waals surface area contributed by atoms with Crippen molar-refractivity contribution in [3.05, 3.63) is 35.9 Å². The standard InChI is InChI=1S/C15H23NO4/c1-2-14-15(20-14)16-11-18-10-13(8-17)19-9-12-6-4-3-5-7-12/h3-7,13-17H,2,8-11H2,1H3/t13?,14-,15?/m0/s1. The zero-order chi connectivity index (χ0) is 14.2. The molecule has 1 fully saturated rings. The molecule has 5 nitrogen and oxygen atoms in total. The SMILES string of the molecule is CC[C@@H]1OC1NCOCC(CO)OCc1ccccc1. The molecule has 20 heavy (non-hydrogen) atoms. The highest BCUT2D eigenvalue weighted by Gasteiger charge is 2.36. The van der Waals surface area contributed by atoms with Crippen LogP contribution in [0.15, 0.2) is 30.3 Å². The van der Waals surface area contributed by atoms with Crippen molar-refractivity contribution >= 4 is 0 Å². The van der Waals surface area contributed by atoms with Crippen molar-refractivity contribution in [1.29, 1.82) is 0 Å². The summed E-state index contributed by atoms with van der Waals surface area (Å²) in [7, 11) is 0. The Kier molecular flexibility index (Phi) is 6.42. The fourth-order valence-corrected chi connectivity index (χ4v) is 1.91. The lowest BCUT2D eigenvalue weighted by atomic mass is 10.2. The molecular formula is C15H23NO4. The van der Waals surface area contributed by atoms with E-state index in [1.165, 1.54) is 0 Å². The number of ether oxygens (including phenoxy) is 3. The average molecular weight is 281 g/mol. The Balaban J connectivity index is 1.55. The van der Waals surface area contributed by atoms with Crippen LogP contribution in [0.1, 0.15) is 18.9 Å². The number of aliphatic hydroxyl groups excluding tert-OH is 1. The summed E-state index contributed by atoms with van der Waals surface area (Å²) in [5.41, 5.74) is 1.08. The molecule has 1 aliphatic rings. The van der Waals surface area contributed by atoms with Crippen molar-refractivity contribution in [2.24, 2.45) is 0 Å². The van der Waals surface area contributed by atoms with Gasteiger partial charge in [0.15, 0.2) is 0 Å². The maximum Gasteiger partial charge on any atom is 0.136 e. The highest BCUT2D eigenvalue weighted by molar-refractivity contribution is 5.13. The van der Waals surface area contributed by atoms with Crippen LogP contribution in [0, 0.1) is 0 Å². The minimum atomic E-state index is -0.306. The molecule has 0 spiro atoms. The molecule has 0 saturated carbocycles. The summed E-state index contributed by atoms with van der Waals surface area (Å²) in [6.45, 7) is 3.29. The van der Waals surface area contributed by atoms with Crippen molar-refractivity contribution in [3.63, 3.8) is 0 Å². The minimum absolute atomic E-state index is 0.0512. The number of benzene rings is 1. The lowest BCUT2D eigenvalue weighted by Crippen LogP contribution is -2.29. The number of epoxide rings is 1. The monoisotopic (exact) mass is 281 g/mol. The van der Waals surface area contributed by atoms with E-state index >= 15 is 0 Å². The molecule has 3 atom stereocenters. The van der Waals surface area contributed by atoms with Crippen LogP contribution in [0.5, 0.6) is 0 Å². The van der Waals surface area contributed by atoms with Crippen LogP contribution in [-0.4, -0.2) is 43.5 Å². The van der Waals surface area contributed by atoms with E-state index in [2.05, 4.69) is 12.2 Å². The number of nitrogens with one attached hydrogen (secondary N) is 1. The number of hydrogen-bond donors (Lipinski definition) is 2. The number of rotatable bonds is 10. The van der Waals surface area contributed by atoms with Crippen molar-refractivity contribution in [2.45, 2.75) is 38.4 Å². The summed E-state index contributed by atoms with van der Waals surface area (Å²) in [4.78, 5) is 0. The van der Waals surface area contributed by atoms with E-state index in [4.69, 9.17) is 14.2 Å². The molecule has 1 aromatic carbocycles. The highest BCUT2D eigenvalue weighted by Crippen LogP contribution is 2.21. The van der Waals surface area contributed by atoms with Crippen LogP contribution in [0.25, 0.3) is 0 Å². The first kappa shape index (κ1) is 15.4. The van der Waals surface area contributed by atoms with Crippen molar-refractivity contribution in [1.82, 2.24) is 5.32 Å². The zero-order valence-electron chi connectivity index (χ0n) is 11.8. The molecule has 5 heteroatoms. The summed E-state index contributed by atoms with van der Waals surface area (Å²) in [5, 5.41) is 12.4. The van der Waals surface area contributed by atoms with Crippen LogP contribution in [0.4, 0.5) is 0 Å². The van der Waals surface area contributed by atoms with Gasteiger partial charge in [-0.25, -0.2) is 0 Å². The molecule has 2 unspecified atom stereocenters. The second-order valence-electron chi connectivity index (χ2n) is 4.82. The minimum Gasteiger partial charge on any atom is -0.394 e. The summed E-state index contributed by atoms with van der Waals surface area (Å²) >= 11 is 0. The predicted octanol–water partition coefficient (Wildman–Crippen LogP) is 1.26. The Morgan fingerprint density at radius 1 is 1.35 bits per heavy atom. The Labute approximate surface area is 119 Å². The maximum atomic E-state index is 9.25. The van der Waals surface area contributed by atoms with E-state index in [9.17, 15) is 5.11 Å². The lowest BCUT2D eigenvalue weighted by molar-refractivity contribution is -0.0538. The third-order valence-electron chi connectivity index (χ3n) is 3.21. The summed E-state index contributed by atoms with van der Waals surface area (Å²) in [6, 6.07) is 9.88. The first-order valence-electron chi connectivity index (χ1n) is 7.06. The predicted molar refractivity (Wildman–Crippen MR) is 75.0 cm³/mol. The van der Waals surface area contributed by atoms with Gasteiger partial charge in [0.2, 0.25) is 0 Å². The van der Waals surface area contributed by atoms with Crippen molar-refractivity contribution < 1.29 is 19.3 Å². The van der Waals surface area contributed by atoms with Crippen LogP contribution in [0.2, 0.25) is 0 Å². The molecule has 112 valence electrons. The molecule has 1 saturated heterocycles. The molecule has 0 aromatic heterocycles. The summed E-state index contributed by atoms with van der Waals surface area (Å²) in [5.74, 6) is 0. The Hall–Kier alpha value is -0.980. The van der Waals surface area contributed by atoms with E-state index in [0.29, 0.717) is 26.0 Å². The van der Waals surface area contributed by atoms with E-state index in [1.54, 1.807) is 0 Å². The van der Waals surface area contributed by atoms with Gasteiger partial charge in [-0.2, -0.15) is 0 Å². The largest absolute Gasteiger partial charge is 0.394 e. The third-order valence-corrected chi connectivity index (χ3v) is 3.21. The van der Waals surface area contributed by atoms with E-state index in [0.717, 1.165) is 12.0 Å². The molecule has 1 aliphatic heterocycles. The zero-order valence-corrected chi connectivity index (χ0v) is 11.8. The molecule has 0 radical (unpaired) electrons. The van der Waals surface area contributed by atoms with Gasteiger partial charge in [0.25, 0.3) is 0 Å². The van der Waals surface area contributed by atoms with E-state index in [-0.39, 0.29) is 18.9 Å². The fourth-order valence-electron chi connectivity index (χ4n) is 1.91. The Bertz CT molecular complexity index is 373. The molecule has 0 amide bonds. The van der Waals surface area contributed by atoms with Gasteiger partial charge in [0.1, 0.15) is 12.3 Å². The van der Waals surface area contributed by atoms with Crippen LogP contribution in [0.3, 0.4) is 0 Å². The second kappa shape index (κ2) is 8.34. The van der Waals surface area contributed by atoms with Gasteiger partial charge in [-0.05, 0) is 12.0 Å². The molecule has 0 bridgehead atoms. The van der Waals surface area contributed by atoms with Gasteiger partial charge >= 0.3 is 0 Å². The third kappa shape index (κ3) is 5.19. The Morgan fingerprint density at radius 2 is 2.15 bits per heavy atom. The van der Waals surface area contributed by atoms with Crippen LogP contribution < -0.4 is 5.32 Å². The molecule has 1 heterocycles. The first-order chi connectivity index (χ1) is 9.83. The van der Waals surface area contributed by atoms with E-state index in [1.807, 2.05) is 30.3 Å². The maximum absolute atomic E-state index is 9.25.